The Morgan fingerprint density at radius 3 is 2.92 bits per heavy atom. The highest BCUT2D eigenvalue weighted by Gasteiger charge is 2.24. The molecule has 0 amide bonds. The zero-order valence-electron chi connectivity index (χ0n) is 15.2. The molecule has 26 heavy (non-hydrogen) atoms. The Balaban J connectivity index is 1.81. The molecular weight excluding hydrogens is 344 g/mol. The Bertz CT molecular complexity index is 694. The fourth-order valence-electron chi connectivity index (χ4n) is 3.12. The first-order chi connectivity index (χ1) is 12.6. The van der Waals surface area contributed by atoms with Crippen LogP contribution in [0.15, 0.2) is 47.3 Å². The lowest BCUT2D eigenvalue weighted by molar-refractivity contribution is 0.504. The van der Waals surface area contributed by atoms with Crippen LogP contribution in [0.1, 0.15) is 37.3 Å². The number of nitrogens with two attached hydrogens (primary N) is 2. The van der Waals surface area contributed by atoms with Crippen molar-refractivity contribution in [2.24, 2.45) is 17.5 Å². The zero-order chi connectivity index (χ0) is 18.9. The predicted octanol–water partition coefficient (Wildman–Crippen LogP) is 2.25. The second kappa shape index (κ2) is 10.1. The Morgan fingerprint density at radius 1 is 1.46 bits per heavy atom. The summed E-state index contributed by atoms with van der Waals surface area (Å²) in [7, 11) is 0. The van der Waals surface area contributed by atoms with Gasteiger partial charge in [-0.15, -0.1) is 0 Å². The molecule has 2 atom stereocenters. The fraction of sp³-hybridized carbons (Fsp3) is 0.421. The molecular formula is C19H28N6S. The van der Waals surface area contributed by atoms with Gasteiger partial charge in [0, 0.05) is 23.7 Å². The van der Waals surface area contributed by atoms with E-state index in [-0.39, 0.29) is 0 Å². The molecule has 0 spiro atoms. The predicted molar refractivity (Wildman–Crippen MR) is 107 cm³/mol. The summed E-state index contributed by atoms with van der Waals surface area (Å²) < 4.78 is 3.58. The van der Waals surface area contributed by atoms with Crippen molar-refractivity contribution >= 4 is 11.9 Å². The van der Waals surface area contributed by atoms with Crippen LogP contribution in [0.2, 0.25) is 0 Å². The summed E-state index contributed by atoms with van der Waals surface area (Å²) >= 11 is 1.65. The van der Waals surface area contributed by atoms with Crippen LogP contribution >= 0.6 is 11.9 Å². The Labute approximate surface area is 160 Å². The number of aryl methyl sites for hydroxylation is 1. The smallest absolute Gasteiger partial charge is 0.0992 e. The molecule has 0 aromatic heterocycles. The highest BCUT2D eigenvalue weighted by atomic mass is 32.2. The summed E-state index contributed by atoms with van der Waals surface area (Å²) in [5.41, 5.74) is 11.3. The van der Waals surface area contributed by atoms with Crippen LogP contribution in [0, 0.1) is 17.2 Å². The number of nitrogens with zero attached hydrogens (tertiary/aromatic N) is 1. The van der Waals surface area contributed by atoms with Gasteiger partial charge in [0.1, 0.15) is 0 Å². The second-order valence-corrected chi connectivity index (χ2v) is 7.35. The molecule has 140 valence electrons. The minimum absolute atomic E-state index is 0.465. The molecule has 1 aliphatic carbocycles. The number of hydrogen-bond donors (Lipinski definition) is 5. The van der Waals surface area contributed by atoms with E-state index in [4.69, 9.17) is 16.8 Å². The van der Waals surface area contributed by atoms with E-state index in [1.165, 1.54) is 11.8 Å². The minimum atomic E-state index is 0.465. The Morgan fingerprint density at radius 2 is 2.27 bits per heavy atom. The normalized spacial score (nSPS) is 19.8. The van der Waals surface area contributed by atoms with Crippen molar-refractivity contribution in [3.8, 4) is 6.07 Å². The number of nitriles is 1. The Kier molecular flexibility index (Phi) is 7.85. The second-order valence-electron chi connectivity index (χ2n) is 6.47. The lowest BCUT2D eigenvalue weighted by atomic mass is 10.1. The first-order valence-electron chi connectivity index (χ1n) is 8.88. The largest absolute Gasteiger partial charge is 0.403 e. The van der Waals surface area contributed by atoms with Crippen molar-refractivity contribution < 1.29 is 0 Å². The first kappa shape index (κ1) is 20.2. The number of nitrogens with one attached hydrogen (secondary N) is 3. The molecule has 6 nitrogen and oxygen atoms in total. The highest BCUT2D eigenvalue weighted by molar-refractivity contribution is 7.97. The minimum Gasteiger partial charge on any atom is -0.403 e. The highest BCUT2D eigenvalue weighted by Crippen LogP contribution is 2.29. The van der Waals surface area contributed by atoms with Crippen LogP contribution < -0.4 is 27.0 Å². The van der Waals surface area contributed by atoms with E-state index in [1.54, 1.807) is 11.9 Å². The molecule has 0 bridgehead atoms. The standard InChI is InChI=1S/C19H28N6S/c1-3-16-6-4-14(10-20)9-19(16)26-25-17-7-5-15(8-17)12-23-13(2)18(11-21)24-22/h4,6,9,11,15,17,23-25H,2-3,5,7-8,12,21-22H2,1H3/b18-11-. The van der Waals surface area contributed by atoms with Crippen molar-refractivity contribution in [1.29, 1.82) is 5.26 Å². The molecule has 2 rings (SSSR count). The van der Waals surface area contributed by atoms with Gasteiger partial charge < -0.3 is 16.5 Å². The monoisotopic (exact) mass is 372 g/mol. The van der Waals surface area contributed by atoms with Crippen LogP contribution in [0.4, 0.5) is 0 Å². The summed E-state index contributed by atoms with van der Waals surface area (Å²) in [5, 5.41) is 12.4. The summed E-state index contributed by atoms with van der Waals surface area (Å²) in [6.45, 7) is 6.93. The lowest BCUT2D eigenvalue weighted by Crippen LogP contribution is -2.30. The maximum atomic E-state index is 9.10. The van der Waals surface area contributed by atoms with Crippen LogP contribution in [0.3, 0.4) is 0 Å². The number of rotatable bonds is 9. The van der Waals surface area contributed by atoms with Crippen molar-refractivity contribution in [3.05, 3.63) is 53.5 Å². The molecule has 2 unspecified atom stereocenters. The third-order valence-corrected chi connectivity index (χ3v) is 5.76. The van der Waals surface area contributed by atoms with Gasteiger partial charge in [0.25, 0.3) is 0 Å². The van der Waals surface area contributed by atoms with Crippen molar-refractivity contribution in [2.45, 2.75) is 43.5 Å². The third kappa shape index (κ3) is 5.43. The Hall–Kier alpha value is -2.14. The molecule has 1 aliphatic rings. The molecule has 7 heteroatoms. The van der Waals surface area contributed by atoms with Crippen LogP contribution in [-0.2, 0) is 6.42 Å². The van der Waals surface area contributed by atoms with Crippen molar-refractivity contribution in [2.75, 3.05) is 6.54 Å². The molecule has 1 aromatic carbocycles. The molecule has 0 radical (unpaired) electrons. The quantitative estimate of drug-likeness (QED) is 0.196. The summed E-state index contributed by atoms with van der Waals surface area (Å²) in [6, 6.07) is 8.57. The number of benzene rings is 1. The number of hydrogen-bond acceptors (Lipinski definition) is 7. The topological polar surface area (TPSA) is 112 Å². The van der Waals surface area contributed by atoms with Crippen LogP contribution in [-0.4, -0.2) is 12.6 Å². The van der Waals surface area contributed by atoms with E-state index in [9.17, 15) is 0 Å². The third-order valence-electron chi connectivity index (χ3n) is 4.71. The SMILES string of the molecule is C=C(NCC1CCC(NSc2cc(C#N)ccc2CC)C1)/C(=C/N)NN. The average Bonchev–Trinajstić information content (AvgIpc) is 3.13. The molecule has 7 N–H and O–H groups in total. The van der Waals surface area contributed by atoms with E-state index in [2.05, 4.69) is 35.0 Å². The van der Waals surface area contributed by atoms with Gasteiger partial charge in [0.2, 0.25) is 0 Å². The van der Waals surface area contributed by atoms with Gasteiger partial charge >= 0.3 is 0 Å². The van der Waals surface area contributed by atoms with Gasteiger partial charge in [-0.1, -0.05) is 19.6 Å². The van der Waals surface area contributed by atoms with Crippen molar-refractivity contribution in [1.82, 2.24) is 15.5 Å². The lowest BCUT2D eigenvalue weighted by Gasteiger charge is -2.17. The average molecular weight is 373 g/mol. The van der Waals surface area contributed by atoms with Crippen LogP contribution in [0.5, 0.6) is 0 Å². The fourth-order valence-corrected chi connectivity index (χ4v) is 4.16. The molecule has 1 fully saturated rings. The summed E-state index contributed by atoms with van der Waals surface area (Å²) in [6.07, 6.45) is 5.77. The van der Waals surface area contributed by atoms with E-state index in [1.807, 2.05) is 18.2 Å². The van der Waals surface area contributed by atoms with Gasteiger partial charge in [0.05, 0.1) is 23.0 Å². The maximum absolute atomic E-state index is 9.10. The molecule has 1 aromatic rings. The molecule has 0 heterocycles. The first-order valence-corrected chi connectivity index (χ1v) is 9.69. The summed E-state index contributed by atoms with van der Waals surface area (Å²) in [4.78, 5) is 1.15. The van der Waals surface area contributed by atoms with Crippen molar-refractivity contribution in [3.63, 3.8) is 0 Å². The van der Waals surface area contributed by atoms with Gasteiger partial charge in [-0.2, -0.15) is 5.26 Å². The molecule has 0 aliphatic heterocycles. The number of hydrazine groups is 1. The summed E-state index contributed by atoms with van der Waals surface area (Å²) in [5.74, 6) is 5.98. The molecule has 1 saturated carbocycles. The van der Waals surface area contributed by atoms with Gasteiger partial charge in [-0.25, -0.2) is 0 Å². The van der Waals surface area contributed by atoms with Gasteiger partial charge in [0.15, 0.2) is 0 Å². The van der Waals surface area contributed by atoms with Crippen LogP contribution in [0.25, 0.3) is 0 Å². The maximum Gasteiger partial charge on any atom is 0.0992 e. The van der Waals surface area contributed by atoms with E-state index in [0.29, 0.717) is 28.9 Å². The zero-order valence-corrected chi connectivity index (χ0v) is 16.0. The van der Waals surface area contributed by atoms with E-state index < -0.39 is 0 Å². The van der Waals surface area contributed by atoms with Gasteiger partial charge in [-0.05, 0) is 61.2 Å². The van der Waals surface area contributed by atoms with E-state index in [0.717, 1.165) is 37.1 Å². The van der Waals surface area contributed by atoms with E-state index >= 15 is 0 Å². The van der Waals surface area contributed by atoms with Gasteiger partial charge in [-0.3, -0.25) is 10.6 Å². The molecule has 0 saturated heterocycles.